The average molecular weight is 295 g/mol. The standard InChI is InChI=1S/C10H13N7O2S/c1-2-19-7-12-6(11)13-8(14-7)20-10-16-15-9(18)17(10)5-3-4-5/h5H,2-4H2,1H3,(H,15,18)(H2,11,12,13,14). The van der Waals surface area contributed by atoms with Gasteiger partial charge in [0.25, 0.3) is 0 Å². The molecule has 1 fully saturated rings. The number of aromatic nitrogens is 6. The van der Waals surface area contributed by atoms with E-state index in [1.54, 1.807) is 4.57 Å². The number of aromatic amines is 1. The fourth-order valence-electron chi connectivity index (χ4n) is 1.69. The van der Waals surface area contributed by atoms with E-state index in [4.69, 9.17) is 10.5 Å². The maximum absolute atomic E-state index is 11.7. The first kappa shape index (κ1) is 12.9. The fraction of sp³-hybridized carbons (Fsp3) is 0.500. The van der Waals surface area contributed by atoms with Gasteiger partial charge in [0.1, 0.15) is 0 Å². The lowest BCUT2D eigenvalue weighted by atomic mass is 10.7. The van der Waals surface area contributed by atoms with E-state index >= 15 is 0 Å². The zero-order chi connectivity index (χ0) is 14.1. The lowest BCUT2D eigenvalue weighted by Crippen LogP contribution is -2.16. The monoisotopic (exact) mass is 295 g/mol. The van der Waals surface area contributed by atoms with E-state index in [9.17, 15) is 4.79 Å². The van der Waals surface area contributed by atoms with E-state index in [0.29, 0.717) is 16.9 Å². The molecule has 0 atom stereocenters. The first-order valence-corrected chi connectivity index (χ1v) is 6.98. The summed E-state index contributed by atoms with van der Waals surface area (Å²) in [5, 5.41) is 7.29. The molecule has 20 heavy (non-hydrogen) atoms. The van der Waals surface area contributed by atoms with Crippen LogP contribution in [0.25, 0.3) is 0 Å². The van der Waals surface area contributed by atoms with Crippen LogP contribution >= 0.6 is 11.8 Å². The normalized spacial score (nSPS) is 14.4. The van der Waals surface area contributed by atoms with Gasteiger partial charge in [-0.25, -0.2) is 9.89 Å². The first-order valence-electron chi connectivity index (χ1n) is 6.16. The van der Waals surface area contributed by atoms with Gasteiger partial charge in [-0.1, -0.05) is 0 Å². The van der Waals surface area contributed by atoms with Crippen molar-refractivity contribution < 1.29 is 4.74 Å². The number of H-pyrrole nitrogens is 1. The average Bonchev–Trinajstić information content (AvgIpc) is 3.15. The molecule has 0 unspecified atom stereocenters. The summed E-state index contributed by atoms with van der Waals surface area (Å²) in [6, 6.07) is 0.382. The molecule has 1 aliphatic rings. The summed E-state index contributed by atoms with van der Waals surface area (Å²) in [6.45, 7) is 2.26. The van der Waals surface area contributed by atoms with Crippen molar-refractivity contribution in [3.8, 4) is 6.01 Å². The van der Waals surface area contributed by atoms with Gasteiger partial charge in [-0.15, -0.1) is 5.10 Å². The molecule has 3 rings (SSSR count). The highest BCUT2D eigenvalue weighted by molar-refractivity contribution is 7.99. The smallest absolute Gasteiger partial charge is 0.344 e. The Hall–Kier alpha value is -2.10. The molecule has 1 saturated carbocycles. The van der Waals surface area contributed by atoms with Crippen molar-refractivity contribution in [2.75, 3.05) is 12.3 Å². The van der Waals surface area contributed by atoms with Crippen LogP contribution in [0.5, 0.6) is 6.01 Å². The first-order chi connectivity index (χ1) is 9.67. The third-order valence-electron chi connectivity index (χ3n) is 2.65. The van der Waals surface area contributed by atoms with Crippen LogP contribution in [-0.2, 0) is 0 Å². The molecule has 3 N–H and O–H groups in total. The number of hydrogen-bond acceptors (Lipinski definition) is 8. The van der Waals surface area contributed by atoms with Crippen molar-refractivity contribution in [2.45, 2.75) is 36.1 Å². The van der Waals surface area contributed by atoms with E-state index in [0.717, 1.165) is 24.6 Å². The molecule has 0 amide bonds. The number of nitrogens with one attached hydrogen (secondary N) is 1. The fourth-order valence-corrected chi connectivity index (χ4v) is 2.54. The van der Waals surface area contributed by atoms with Crippen molar-refractivity contribution in [1.29, 1.82) is 0 Å². The molecule has 2 aromatic rings. The molecule has 0 radical (unpaired) electrons. The quantitative estimate of drug-likeness (QED) is 0.802. The number of ether oxygens (including phenoxy) is 1. The Morgan fingerprint density at radius 2 is 2.25 bits per heavy atom. The Morgan fingerprint density at radius 3 is 2.95 bits per heavy atom. The van der Waals surface area contributed by atoms with Gasteiger partial charge in [0.2, 0.25) is 11.1 Å². The number of nitrogens with zero attached hydrogens (tertiary/aromatic N) is 5. The summed E-state index contributed by atoms with van der Waals surface area (Å²) < 4.78 is 6.82. The summed E-state index contributed by atoms with van der Waals surface area (Å²) in [6.07, 6.45) is 1.97. The largest absolute Gasteiger partial charge is 0.464 e. The molecule has 1 aliphatic carbocycles. The third-order valence-corrected chi connectivity index (χ3v) is 3.49. The van der Waals surface area contributed by atoms with Gasteiger partial charge in [0, 0.05) is 6.04 Å². The van der Waals surface area contributed by atoms with Gasteiger partial charge in [0.15, 0.2) is 5.16 Å². The molecule has 0 saturated heterocycles. The van der Waals surface area contributed by atoms with Gasteiger partial charge in [-0.05, 0) is 31.5 Å². The highest BCUT2D eigenvalue weighted by atomic mass is 32.2. The summed E-state index contributed by atoms with van der Waals surface area (Å²) in [7, 11) is 0. The Kier molecular flexibility index (Phi) is 3.30. The van der Waals surface area contributed by atoms with Gasteiger partial charge in [-0.2, -0.15) is 15.0 Å². The van der Waals surface area contributed by atoms with E-state index in [1.807, 2.05) is 6.92 Å². The van der Waals surface area contributed by atoms with Crippen molar-refractivity contribution in [2.24, 2.45) is 0 Å². The number of nitrogen functional groups attached to an aromatic ring is 1. The summed E-state index contributed by atoms with van der Waals surface area (Å²) in [5.41, 5.74) is 5.39. The van der Waals surface area contributed by atoms with Crippen LogP contribution in [0, 0.1) is 0 Å². The molecule has 9 nitrogen and oxygen atoms in total. The van der Waals surface area contributed by atoms with Crippen LogP contribution in [0.2, 0.25) is 0 Å². The maximum atomic E-state index is 11.7. The summed E-state index contributed by atoms with van der Waals surface area (Å²) in [4.78, 5) is 23.7. The number of anilines is 1. The molecule has 0 spiro atoms. The predicted octanol–water partition coefficient (Wildman–Crippen LogP) is 0.223. The zero-order valence-electron chi connectivity index (χ0n) is 10.7. The number of hydrogen-bond donors (Lipinski definition) is 2. The zero-order valence-corrected chi connectivity index (χ0v) is 11.6. The Balaban J connectivity index is 1.89. The van der Waals surface area contributed by atoms with Crippen molar-refractivity contribution in [1.82, 2.24) is 29.7 Å². The van der Waals surface area contributed by atoms with Gasteiger partial charge in [0.05, 0.1) is 6.61 Å². The van der Waals surface area contributed by atoms with E-state index in [2.05, 4.69) is 25.1 Å². The van der Waals surface area contributed by atoms with Crippen molar-refractivity contribution >= 4 is 17.7 Å². The lowest BCUT2D eigenvalue weighted by Gasteiger charge is -2.05. The highest BCUT2D eigenvalue weighted by Crippen LogP contribution is 2.37. The van der Waals surface area contributed by atoms with Gasteiger partial charge in [-0.3, -0.25) is 4.57 Å². The van der Waals surface area contributed by atoms with Crippen LogP contribution < -0.4 is 16.2 Å². The molecule has 2 aromatic heterocycles. The van der Waals surface area contributed by atoms with Crippen LogP contribution in [0.4, 0.5) is 5.95 Å². The second-order valence-electron chi connectivity index (χ2n) is 4.21. The predicted molar refractivity (Wildman–Crippen MR) is 70.7 cm³/mol. The number of nitrogens with two attached hydrogens (primary N) is 1. The Morgan fingerprint density at radius 1 is 1.45 bits per heavy atom. The molecular formula is C10H13N7O2S. The Labute approximate surface area is 118 Å². The molecular weight excluding hydrogens is 282 g/mol. The molecule has 0 bridgehead atoms. The topological polar surface area (TPSA) is 125 Å². The highest BCUT2D eigenvalue weighted by Gasteiger charge is 2.29. The Bertz CT molecular complexity index is 678. The molecule has 0 aliphatic heterocycles. The van der Waals surface area contributed by atoms with Gasteiger partial charge < -0.3 is 10.5 Å². The minimum Gasteiger partial charge on any atom is -0.464 e. The van der Waals surface area contributed by atoms with Gasteiger partial charge >= 0.3 is 11.7 Å². The summed E-state index contributed by atoms with van der Waals surface area (Å²) >= 11 is 1.16. The van der Waals surface area contributed by atoms with Crippen molar-refractivity contribution in [3.63, 3.8) is 0 Å². The van der Waals surface area contributed by atoms with Crippen LogP contribution in [-0.4, -0.2) is 36.3 Å². The van der Waals surface area contributed by atoms with E-state index in [-0.39, 0.29) is 23.7 Å². The lowest BCUT2D eigenvalue weighted by molar-refractivity contribution is 0.308. The minimum absolute atomic E-state index is 0.0711. The second kappa shape index (κ2) is 5.12. The molecule has 2 heterocycles. The molecule has 10 heteroatoms. The molecule has 106 valence electrons. The SMILES string of the molecule is CCOc1nc(N)nc(Sc2n[nH]c(=O)n2C2CC2)n1. The molecule has 0 aromatic carbocycles. The van der Waals surface area contributed by atoms with Crippen LogP contribution in [0.1, 0.15) is 25.8 Å². The number of rotatable bonds is 5. The van der Waals surface area contributed by atoms with Crippen LogP contribution in [0.15, 0.2) is 15.1 Å². The summed E-state index contributed by atoms with van der Waals surface area (Å²) in [5.74, 6) is 0.0711. The van der Waals surface area contributed by atoms with E-state index in [1.165, 1.54) is 0 Å². The van der Waals surface area contributed by atoms with Crippen molar-refractivity contribution in [3.05, 3.63) is 10.5 Å². The van der Waals surface area contributed by atoms with E-state index < -0.39 is 0 Å². The second-order valence-corrected chi connectivity index (χ2v) is 5.14. The minimum atomic E-state index is -0.220. The third kappa shape index (κ3) is 2.59. The van der Waals surface area contributed by atoms with Crippen LogP contribution in [0.3, 0.4) is 0 Å². The maximum Gasteiger partial charge on any atom is 0.344 e.